The maximum Gasteiger partial charge on any atom is 0.317 e. The molecule has 0 radical (unpaired) electrons. The summed E-state index contributed by atoms with van der Waals surface area (Å²) in [5, 5.41) is 10.2. The van der Waals surface area contributed by atoms with Crippen LogP contribution in [0.25, 0.3) is 0 Å². The first kappa shape index (κ1) is 15.1. The number of aliphatic hydroxyl groups is 1. The Morgan fingerprint density at radius 1 is 1.00 bits per heavy atom. The Hall–Kier alpha value is -2.33. The zero-order valence-corrected chi connectivity index (χ0v) is 12.0. The molecule has 2 aromatic rings. The number of methoxy groups -OCH3 is 1. The Bertz CT molecular complexity index is 577. The molecule has 2 atom stereocenters. The topological polar surface area (TPSA) is 55.8 Å². The smallest absolute Gasteiger partial charge is 0.317 e. The molecule has 2 aromatic carbocycles. The highest BCUT2D eigenvalue weighted by Gasteiger charge is 2.25. The third-order valence-corrected chi connectivity index (χ3v) is 3.26. The fraction of sp³-hybridized carbons (Fsp3) is 0.235. The normalized spacial score (nSPS) is 13.3. The van der Waals surface area contributed by atoms with Gasteiger partial charge in [0.1, 0.15) is 11.5 Å². The lowest BCUT2D eigenvalue weighted by molar-refractivity contribution is -0.142. The molecule has 0 heterocycles. The van der Waals surface area contributed by atoms with Gasteiger partial charge >= 0.3 is 5.97 Å². The molecule has 4 heteroatoms. The van der Waals surface area contributed by atoms with E-state index in [9.17, 15) is 9.90 Å². The molecule has 1 N–H and O–H groups in total. The van der Waals surface area contributed by atoms with Crippen LogP contribution in [0, 0.1) is 5.92 Å². The van der Waals surface area contributed by atoms with E-state index in [4.69, 9.17) is 9.47 Å². The molecule has 0 saturated carbocycles. The van der Waals surface area contributed by atoms with Crippen molar-refractivity contribution in [2.24, 2.45) is 5.92 Å². The molecular weight excluding hydrogens is 268 g/mol. The van der Waals surface area contributed by atoms with E-state index in [0.29, 0.717) is 17.1 Å². The van der Waals surface area contributed by atoms with Gasteiger partial charge in [-0.25, -0.2) is 0 Å². The monoisotopic (exact) mass is 286 g/mol. The van der Waals surface area contributed by atoms with Crippen molar-refractivity contribution in [1.82, 2.24) is 0 Å². The predicted octanol–water partition coefficient (Wildman–Crippen LogP) is 2.97. The minimum absolute atomic E-state index is 0.424. The number of carbonyl (C=O) groups excluding carboxylic acids is 1. The second-order valence-electron chi connectivity index (χ2n) is 4.74. The number of hydrogen-bond acceptors (Lipinski definition) is 4. The fourth-order valence-corrected chi connectivity index (χ4v) is 1.92. The van der Waals surface area contributed by atoms with Gasteiger partial charge in [0, 0.05) is 0 Å². The van der Waals surface area contributed by atoms with Crippen LogP contribution in [0.5, 0.6) is 11.5 Å². The Labute approximate surface area is 123 Å². The number of rotatable bonds is 5. The van der Waals surface area contributed by atoms with Gasteiger partial charge in [0.25, 0.3) is 0 Å². The highest BCUT2D eigenvalue weighted by molar-refractivity contribution is 5.75. The van der Waals surface area contributed by atoms with Gasteiger partial charge in [0.15, 0.2) is 0 Å². The molecule has 0 amide bonds. The van der Waals surface area contributed by atoms with Crippen LogP contribution in [0.1, 0.15) is 18.6 Å². The summed E-state index contributed by atoms with van der Waals surface area (Å²) >= 11 is 0. The van der Waals surface area contributed by atoms with Crippen LogP contribution in [-0.4, -0.2) is 18.2 Å². The van der Waals surface area contributed by atoms with Gasteiger partial charge < -0.3 is 14.6 Å². The Morgan fingerprint density at radius 3 is 2.14 bits per heavy atom. The van der Waals surface area contributed by atoms with E-state index in [1.165, 1.54) is 0 Å². The molecule has 0 bridgehead atoms. The van der Waals surface area contributed by atoms with Crippen LogP contribution in [0.15, 0.2) is 54.6 Å². The van der Waals surface area contributed by atoms with Crippen LogP contribution >= 0.6 is 0 Å². The maximum atomic E-state index is 12.1. The second kappa shape index (κ2) is 6.90. The van der Waals surface area contributed by atoms with Crippen molar-refractivity contribution in [2.45, 2.75) is 13.0 Å². The first-order valence-corrected chi connectivity index (χ1v) is 6.70. The van der Waals surface area contributed by atoms with Gasteiger partial charge in [0.2, 0.25) is 0 Å². The molecule has 0 spiro atoms. The van der Waals surface area contributed by atoms with Crippen molar-refractivity contribution in [2.75, 3.05) is 7.11 Å². The highest BCUT2D eigenvalue weighted by Crippen LogP contribution is 2.24. The second-order valence-corrected chi connectivity index (χ2v) is 4.74. The molecule has 0 aliphatic carbocycles. The summed E-state index contributed by atoms with van der Waals surface area (Å²) in [6.45, 7) is 1.64. The quantitative estimate of drug-likeness (QED) is 0.678. The molecule has 4 nitrogen and oxygen atoms in total. The van der Waals surface area contributed by atoms with E-state index in [1.807, 2.05) is 18.2 Å². The van der Waals surface area contributed by atoms with Gasteiger partial charge in [-0.3, -0.25) is 4.79 Å². The van der Waals surface area contributed by atoms with Crippen LogP contribution in [-0.2, 0) is 4.79 Å². The maximum absolute atomic E-state index is 12.1. The summed E-state index contributed by atoms with van der Waals surface area (Å²) in [6, 6.07) is 15.8. The molecular formula is C17H18O4. The molecule has 0 fully saturated rings. The molecule has 0 aliphatic rings. The zero-order valence-electron chi connectivity index (χ0n) is 12.0. The van der Waals surface area contributed by atoms with Gasteiger partial charge in [-0.05, 0) is 36.8 Å². The largest absolute Gasteiger partial charge is 0.497 e. The van der Waals surface area contributed by atoms with Crippen molar-refractivity contribution in [3.63, 3.8) is 0 Å². The van der Waals surface area contributed by atoms with Gasteiger partial charge in [-0.1, -0.05) is 30.3 Å². The van der Waals surface area contributed by atoms with Gasteiger partial charge in [0.05, 0.1) is 19.1 Å². The van der Waals surface area contributed by atoms with Crippen LogP contribution < -0.4 is 9.47 Å². The summed E-state index contributed by atoms with van der Waals surface area (Å²) in [6.07, 6.45) is -0.892. The minimum atomic E-state index is -0.892. The van der Waals surface area contributed by atoms with Crippen molar-refractivity contribution in [3.05, 3.63) is 60.2 Å². The number of esters is 1. The molecule has 0 unspecified atom stereocenters. The number of aliphatic hydroxyl groups excluding tert-OH is 1. The molecule has 2 rings (SSSR count). The molecule has 0 aromatic heterocycles. The lowest BCUT2D eigenvalue weighted by Crippen LogP contribution is -2.24. The predicted molar refractivity (Wildman–Crippen MR) is 79.2 cm³/mol. The number of ether oxygens (including phenoxy) is 2. The summed E-state index contributed by atoms with van der Waals surface area (Å²) in [5.41, 5.74) is 0.691. The zero-order chi connectivity index (χ0) is 15.2. The number of carbonyl (C=O) groups is 1. The Balaban J connectivity index is 2.01. The average Bonchev–Trinajstić information content (AvgIpc) is 2.55. The Kier molecular flexibility index (Phi) is 4.95. The van der Waals surface area contributed by atoms with Crippen LogP contribution in [0.3, 0.4) is 0 Å². The van der Waals surface area contributed by atoms with Crippen LogP contribution in [0.4, 0.5) is 0 Å². The van der Waals surface area contributed by atoms with Crippen LogP contribution in [0.2, 0.25) is 0 Å². The van der Waals surface area contributed by atoms with Crippen molar-refractivity contribution >= 4 is 5.97 Å². The molecule has 21 heavy (non-hydrogen) atoms. The van der Waals surface area contributed by atoms with Gasteiger partial charge in [-0.15, -0.1) is 0 Å². The minimum Gasteiger partial charge on any atom is -0.497 e. The van der Waals surface area contributed by atoms with Gasteiger partial charge in [-0.2, -0.15) is 0 Å². The number of hydrogen-bond donors (Lipinski definition) is 1. The van der Waals surface area contributed by atoms with E-state index in [1.54, 1.807) is 50.4 Å². The van der Waals surface area contributed by atoms with Crippen molar-refractivity contribution < 1.29 is 19.4 Å². The summed E-state index contributed by atoms with van der Waals surface area (Å²) in [4.78, 5) is 12.1. The number of benzene rings is 2. The Morgan fingerprint density at radius 2 is 1.57 bits per heavy atom. The first-order valence-electron chi connectivity index (χ1n) is 6.70. The summed E-state index contributed by atoms with van der Waals surface area (Å²) < 4.78 is 10.3. The van der Waals surface area contributed by atoms with E-state index in [0.717, 1.165) is 0 Å². The third-order valence-electron chi connectivity index (χ3n) is 3.26. The van der Waals surface area contributed by atoms with E-state index in [2.05, 4.69) is 0 Å². The summed E-state index contributed by atoms with van der Waals surface area (Å²) in [5.74, 6) is -0.0221. The molecule has 0 aliphatic heterocycles. The molecule has 110 valence electrons. The summed E-state index contributed by atoms with van der Waals surface area (Å²) in [7, 11) is 1.57. The lowest BCUT2D eigenvalue weighted by Gasteiger charge is -2.18. The third kappa shape index (κ3) is 3.83. The lowest BCUT2D eigenvalue weighted by atomic mass is 9.98. The average molecular weight is 286 g/mol. The fourth-order valence-electron chi connectivity index (χ4n) is 1.92. The van der Waals surface area contributed by atoms with E-state index < -0.39 is 18.0 Å². The standard InChI is InChI=1S/C17H18O4/c1-12(16(18)13-6-4-3-5-7-13)17(19)21-15-10-8-14(20-2)9-11-15/h3-12,16,18H,1-2H3/t12-,16+/m0/s1. The highest BCUT2D eigenvalue weighted by atomic mass is 16.5. The van der Waals surface area contributed by atoms with Crippen molar-refractivity contribution in [3.8, 4) is 11.5 Å². The SMILES string of the molecule is COc1ccc(OC(=O)[C@@H](C)[C@@H](O)c2ccccc2)cc1. The van der Waals surface area contributed by atoms with E-state index in [-0.39, 0.29) is 0 Å². The van der Waals surface area contributed by atoms with Crippen molar-refractivity contribution in [1.29, 1.82) is 0 Å². The van der Waals surface area contributed by atoms with E-state index >= 15 is 0 Å². The molecule has 0 saturated heterocycles. The first-order chi connectivity index (χ1) is 10.1.